The Bertz CT molecular complexity index is 1180. The van der Waals surface area contributed by atoms with E-state index in [4.69, 9.17) is 9.84 Å². The van der Waals surface area contributed by atoms with Crippen LogP contribution in [0.3, 0.4) is 0 Å². The molecule has 0 spiro atoms. The Kier molecular flexibility index (Phi) is 76.9. The van der Waals surface area contributed by atoms with Gasteiger partial charge in [-0.2, -0.15) is 0 Å². The fraction of sp³-hybridized carbons (Fsp3) is 0.960. The number of carboxylic acid groups (broad SMARTS) is 2. The highest BCUT2D eigenvalue weighted by Crippen LogP contribution is 2.24. The van der Waals surface area contributed by atoms with Crippen LogP contribution in [-0.4, -0.2) is 57.7 Å². The number of unbranched alkanes of at least 4 members (excludes halogenated alkanes) is 48. The Morgan fingerprint density at radius 3 is 0.578 bits per heavy atom. The largest absolute Gasteiger partial charge is 0.481 e. The molecule has 0 saturated heterocycles. The molecule has 4 unspecified atom stereocenters. The first-order valence-corrected chi connectivity index (χ1v) is 37.5. The molecule has 0 aromatic carbocycles. The monoisotopic (exact) mass is 1180 g/mol. The van der Waals surface area contributed by atoms with E-state index < -0.39 is 18.0 Å². The minimum Gasteiger partial charge on any atom is -0.481 e. The summed E-state index contributed by atoms with van der Waals surface area (Å²) >= 11 is 0. The van der Waals surface area contributed by atoms with Crippen LogP contribution in [0, 0.1) is 17.8 Å². The molecule has 0 saturated carbocycles. The topological polar surface area (TPSA) is 141 Å². The van der Waals surface area contributed by atoms with Crippen molar-refractivity contribution in [3.8, 4) is 0 Å². The average Bonchev–Trinajstić information content (AvgIpc) is 3.48. The lowest BCUT2D eigenvalue weighted by molar-refractivity contribution is -0.153. The molecule has 83 heavy (non-hydrogen) atoms. The van der Waals surface area contributed by atoms with Gasteiger partial charge in [-0.05, 0) is 38.5 Å². The second kappa shape index (κ2) is 74.6. The third-order valence-electron chi connectivity index (χ3n) is 17.6. The first-order chi connectivity index (χ1) is 40.6. The van der Waals surface area contributed by atoms with E-state index in [1.165, 1.54) is 308 Å². The highest BCUT2D eigenvalue weighted by molar-refractivity contribution is 5.72. The normalized spacial score (nSPS) is 12.7. The number of hydrogen-bond acceptors (Lipinski definition) is 6. The van der Waals surface area contributed by atoms with Gasteiger partial charge in [-0.1, -0.05) is 388 Å². The zero-order valence-corrected chi connectivity index (χ0v) is 57.1. The Morgan fingerprint density at radius 2 is 0.422 bits per heavy atom. The smallest absolute Gasteiger partial charge is 0.309 e. The zero-order valence-electron chi connectivity index (χ0n) is 57.1. The highest BCUT2D eigenvalue weighted by Gasteiger charge is 2.21. The molecule has 8 heteroatoms. The number of carboxylic acids is 2. The summed E-state index contributed by atoms with van der Waals surface area (Å²) in [5, 5.41) is 37.2. The molecule has 0 bridgehead atoms. The predicted octanol–water partition coefficient (Wildman–Crippen LogP) is 24.4. The van der Waals surface area contributed by atoms with Crippen molar-refractivity contribution in [3.63, 3.8) is 0 Å². The second-order valence-corrected chi connectivity index (χ2v) is 25.9. The van der Waals surface area contributed by atoms with Gasteiger partial charge in [0.05, 0.1) is 24.4 Å². The van der Waals surface area contributed by atoms with E-state index in [-0.39, 0.29) is 36.9 Å². The predicted molar refractivity (Wildman–Crippen MR) is 361 cm³/mol. The van der Waals surface area contributed by atoms with E-state index in [0.29, 0.717) is 0 Å². The summed E-state index contributed by atoms with van der Waals surface area (Å²) in [6.07, 6.45) is 74.5. The van der Waals surface area contributed by atoms with E-state index in [0.717, 1.165) is 77.0 Å². The molecule has 0 radical (unpaired) electrons. The van der Waals surface area contributed by atoms with E-state index in [2.05, 4.69) is 41.5 Å². The van der Waals surface area contributed by atoms with Gasteiger partial charge >= 0.3 is 17.9 Å². The van der Waals surface area contributed by atoms with Crippen molar-refractivity contribution in [2.45, 2.75) is 433 Å². The van der Waals surface area contributed by atoms with Crippen molar-refractivity contribution >= 4 is 17.9 Å². The maximum atomic E-state index is 12.5. The minimum absolute atomic E-state index is 0.0555. The molecule has 0 rings (SSSR count). The number of aliphatic hydroxyl groups excluding tert-OH is 2. The molecular weight excluding hydrogens is 1030 g/mol. The van der Waals surface area contributed by atoms with Gasteiger partial charge in [0.25, 0.3) is 0 Å². The van der Waals surface area contributed by atoms with Crippen molar-refractivity contribution in [3.05, 3.63) is 0 Å². The standard InChI is InChI=1S/C27H54O4.2C24H48O2/c1-3-5-7-9-11-13-14-16-18-20-22-25(27(30)31-24-26(29)23-28)21-19-17-15-12-10-8-6-4-2;2*1-3-5-7-9-11-13-14-16-18-20-22-23(24(25)26)21-19-17-15-12-10-8-6-4-2/h25-26,28-29H,3-24H2,1-2H3;2*23H,3-22H2,1-2H3,(H,25,26). The summed E-state index contributed by atoms with van der Waals surface area (Å²) in [6.45, 7) is 13.1. The lowest BCUT2D eigenvalue weighted by atomic mass is 9.94. The summed E-state index contributed by atoms with van der Waals surface area (Å²) in [5.41, 5.74) is 0. The van der Waals surface area contributed by atoms with Crippen LogP contribution in [0.4, 0.5) is 0 Å². The molecule has 4 atom stereocenters. The molecule has 498 valence electrons. The fourth-order valence-electron chi connectivity index (χ4n) is 11.7. The number of ether oxygens (including phenoxy) is 1. The quantitative estimate of drug-likeness (QED) is 0.0349. The van der Waals surface area contributed by atoms with Gasteiger partial charge in [0.15, 0.2) is 0 Å². The molecule has 0 amide bonds. The lowest BCUT2D eigenvalue weighted by Gasteiger charge is -2.17. The van der Waals surface area contributed by atoms with E-state index in [9.17, 15) is 29.7 Å². The summed E-state index contributed by atoms with van der Waals surface area (Å²) < 4.78 is 5.27. The minimum atomic E-state index is -0.968. The van der Waals surface area contributed by atoms with Gasteiger partial charge in [-0.3, -0.25) is 14.4 Å². The zero-order chi connectivity index (χ0) is 61.6. The summed E-state index contributed by atoms with van der Waals surface area (Å²) in [5.74, 6) is -1.56. The van der Waals surface area contributed by atoms with Crippen LogP contribution in [0.15, 0.2) is 0 Å². The molecule has 0 aromatic heterocycles. The number of hydrogen-bond donors (Lipinski definition) is 4. The Balaban J connectivity index is -0.00000116. The van der Waals surface area contributed by atoms with Crippen molar-refractivity contribution in [2.24, 2.45) is 17.8 Å². The van der Waals surface area contributed by atoms with Gasteiger partial charge in [-0.15, -0.1) is 0 Å². The van der Waals surface area contributed by atoms with Gasteiger partial charge in [-0.25, -0.2) is 0 Å². The Hall–Kier alpha value is -1.67. The number of carbonyl (C=O) groups excluding carboxylic acids is 1. The van der Waals surface area contributed by atoms with Crippen LogP contribution in [0.1, 0.15) is 427 Å². The number of esters is 1. The summed E-state index contributed by atoms with van der Waals surface area (Å²) in [7, 11) is 0. The number of aliphatic hydroxyl groups is 2. The van der Waals surface area contributed by atoms with Crippen molar-refractivity contribution in [1.82, 2.24) is 0 Å². The highest BCUT2D eigenvalue weighted by atomic mass is 16.5. The third-order valence-corrected chi connectivity index (χ3v) is 17.6. The van der Waals surface area contributed by atoms with Crippen LogP contribution in [0.5, 0.6) is 0 Å². The SMILES string of the molecule is CCCCCCCCCCCCC(CCCCCCCCCC)C(=O)O.CCCCCCCCCCCCC(CCCCCCCCCC)C(=O)O.CCCCCCCCCCCCC(CCCCCCCCCC)C(=O)OCC(O)CO. The molecule has 8 nitrogen and oxygen atoms in total. The molecule has 0 fully saturated rings. The van der Waals surface area contributed by atoms with Crippen LogP contribution in [-0.2, 0) is 19.1 Å². The average molecular weight is 1180 g/mol. The summed E-state index contributed by atoms with van der Waals surface area (Å²) in [4.78, 5) is 35.3. The Morgan fingerprint density at radius 1 is 0.265 bits per heavy atom. The van der Waals surface area contributed by atoms with Crippen molar-refractivity contribution in [2.75, 3.05) is 13.2 Å². The fourth-order valence-corrected chi connectivity index (χ4v) is 11.7. The van der Waals surface area contributed by atoms with Gasteiger partial charge in [0.2, 0.25) is 0 Å². The van der Waals surface area contributed by atoms with Crippen molar-refractivity contribution in [1.29, 1.82) is 0 Å². The maximum absolute atomic E-state index is 12.5. The van der Waals surface area contributed by atoms with Crippen LogP contribution < -0.4 is 0 Å². The lowest BCUT2D eigenvalue weighted by Crippen LogP contribution is -2.25. The summed E-state index contributed by atoms with van der Waals surface area (Å²) in [6, 6.07) is 0. The molecule has 0 aliphatic heterocycles. The van der Waals surface area contributed by atoms with Crippen molar-refractivity contribution < 1.29 is 39.5 Å². The van der Waals surface area contributed by atoms with Gasteiger partial charge in [0, 0.05) is 0 Å². The molecule has 0 aliphatic carbocycles. The Labute approximate surface area is 519 Å². The first kappa shape index (κ1) is 85.5. The third kappa shape index (κ3) is 71.0. The van der Waals surface area contributed by atoms with Crippen LogP contribution in [0.25, 0.3) is 0 Å². The molecule has 0 aliphatic rings. The number of rotatable bonds is 66. The molecule has 4 N–H and O–H groups in total. The number of aliphatic carboxylic acids is 2. The van der Waals surface area contributed by atoms with Gasteiger partial charge in [0.1, 0.15) is 12.7 Å². The molecule has 0 heterocycles. The number of carbonyl (C=O) groups is 3. The first-order valence-electron chi connectivity index (χ1n) is 37.5. The van der Waals surface area contributed by atoms with Crippen LogP contribution in [0.2, 0.25) is 0 Å². The van der Waals surface area contributed by atoms with E-state index in [1.54, 1.807) is 0 Å². The van der Waals surface area contributed by atoms with Crippen LogP contribution >= 0.6 is 0 Å². The molecular formula is C75H150O8. The van der Waals surface area contributed by atoms with E-state index >= 15 is 0 Å². The molecule has 0 aromatic rings. The van der Waals surface area contributed by atoms with Gasteiger partial charge < -0.3 is 25.2 Å². The second-order valence-electron chi connectivity index (χ2n) is 25.9. The maximum Gasteiger partial charge on any atom is 0.309 e. The van der Waals surface area contributed by atoms with E-state index in [1.807, 2.05) is 0 Å².